The maximum atomic E-state index is 13.3. The van der Waals surface area contributed by atoms with Crippen LogP contribution in [0.25, 0.3) is 22.4 Å². The molecule has 1 atom stereocenters. The zero-order valence-corrected chi connectivity index (χ0v) is 17.2. The number of rotatable bonds is 5. The number of amides is 1. The topological polar surface area (TPSA) is 68.5 Å². The Kier molecular flexibility index (Phi) is 5.70. The molecule has 31 heavy (non-hydrogen) atoms. The maximum absolute atomic E-state index is 13.3. The zero-order valence-electron chi connectivity index (χ0n) is 17.2. The Morgan fingerprint density at radius 2 is 2.13 bits per heavy atom. The summed E-state index contributed by atoms with van der Waals surface area (Å²) in [5.41, 5.74) is 0.644. The number of fused-ring (bicyclic) bond motifs is 1. The number of nitrogens with zero attached hydrogens (tertiary/aromatic N) is 3. The number of aromatic nitrogens is 2. The fourth-order valence-electron chi connectivity index (χ4n) is 3.87. The summed E-state index contributed by atoms with van der Waals surface area (Å²) < 4.78 is 50.2. The number of likely N-dealkylation sites (tertiary alicyclic amines) is 1. The minimum absolute atomic E-state index is 0.126. The molecule has 4 rings (SSSR count). The van der Waals surface area contributed by atoms with Crippen molar-refractivity contribution in [3.8, 4) is 11.3 Å². The Morgan fingerprint density at radius 3 is 2.87 bits per heavy atom. The molecule has 1 unspecified atom stereocenters. The molecule has 164 valence electrons. The van der Waals surface area contributed by atoms with Crippen LogP contribution in [0.3, 0.4) is 0 Å². The highest BCUT2D eigenvalue weighted by molar-refractivity contribution is 6.07. The Balaban J connectivity index is 1.73. The molecule has 1 saturated heterocycles. The van der Waals surface area contributed by atoms with Crippen LogP contribution in [0.5, 0.6) is 0 Å². The Labute approximate surface area is 177 Å². The normalized spacial score (nSPS) is 16.9. The Morgan fingerprint density at radius 1 is 1.32 bits per heavy atom. The lowest BCUT2D eigenvalue weighted by molar-refractivity contribution is -0.137. The number of aryl methyl sites for hydroxylation is 1. The molecule has 0 N–H and O–H groups in total. The highest BCUT2D eigenvalue weighted by Crippen LogP contribution is 2.34. The van der Waals surface area contributed by atoms with Crippen LogP contribution in [0.2, 0.25) is 0 Å². The lowest BCUT2D eigenvalue weighted by atomic mass is 10.0. The lowest BCUT2D eigenvalue weighted by Crippen LogP contribution is -2.29. The molecule has 3 aromatic rings. The second kappa shape index (κ2) is 8.30. The average molecular weight is 433 g/mol. The first-order valence-electron chi connectivity index (χ1n) is 10.1. The van der Waals surface area contributed by atoms with E-state index in [-0.39, 0.29) is 28.8 Å². The molecular formula is C22H22F3N3O3. The van der Waals surface area contributed by atoms with Crippen LogP contribution in [-0.2, 0) is 10.9 Å². The van der Waals surface area contributed by atoms with Crippen molar-refractivity contribution in [2.45, 2.75) is 26.4 Å². The van der Waals surface area contributed by atoms with Crippen molar-refractivity contribution in [1.29, 1.82) is 0 Å². The van der Waals surface area contributed by atoms with Crippen molar-refractivity contribution in [2.75, 3.05) is 26.3 Å². The third-order valence-electron chi connectivity index (χ3n) is 5.46. The molecule has 1 amide bonds. The standard InChI is InChI=1S/C22H22F3N3O3/c1-3-30-12-14-7-8-28(11-14)21(29)17-10-18(26-20-19(17)13(2)27-31-20)15-5-4-6-16(9-15)22(23,24)25/h4-6,9-10,14H,3,7-8,11-12H2,1-2H3. The number of benzene rings is 1. The lowest BCUT2D eigenvalue weighted by Gasteiger charge is -2.18. The van der Waals surface area contributed by atoms with Gasteiger partial charge in [0, 0.05) is 31.2 Å². The van der Waals surface area contributed by atoms with E-state index in [9.17, 15) is 18.0 Å². The molecule has 0 saturated carbocycles. The quantitative estimate of drug-likeness (QED) is 0.583. The van der Waals surface area contributed by atoms with Crippen molar-refractivity contribution < 1.29 is 27.2 Å². The van der Waals surface area contributed by atoms with E-state index in [4.69, 9.17) is 9.26 Å². The van der Waals surface area contributed by atoms with E-state index in [2.05, 4.69) is 10.1 Å². The molecule has 1 fully saturated rings. The first-order chi connectivity index (χ1) is 14.8. The van der Waals surface area contributed by atoms with Crippen LogP contribution >= 0.6 is 0 Å². The molecule has 0 radical (unpaired) electrons. The Bertz CT molecular complexity index is 1110. The monoisotopic (exact) mass is 433 g/mol. The van der Waals surface area contributed by atoms with E-state index in [0.29, 0.717) is 42.9 Å². The fraction of sp³-hybridized carbons (Fsp3) is 0.409. The number of halogens is 3. The van der Waals surface area contributed by atoms with Gasteiger partial charge in [-0.2, -0.15) is 13.2 Å². The largest absolute Gasteiger partial charge is 0.416 e. The summed E-state index contributed by atoms with van der Waals surface area (Å²) in [5.74, 6) is 0.0404. The second-order valence-corrected chi connectivity index (χ2v) is 7.65. The zero-order chi connectivity index (χ0) is 22.2. The molecule has 0 aliphatic carbocycles. The van der Waals surface area contributed by atoms with Gasteiger partial charge in [-0.05, 0) is 38.5 Å². The predicted molar refractivity (Wildman–Crippen MR) is 107 cm³/mol. The van der Waals surface area contributed by atoms with Gasteiger partial charge >= 0.3 is 6.18 Å². The van der Waals surface area contributed by atoms with Gasteiger partial charge in [-0.25, -0.2) is 4.98 Å². The summed E-state index contributed by atoms with van der Waals surface area (Å²) in [7, 11) is 0. The number of hydrogen-bond acceptors (Lipinski definition) is 5. The fourth-order valence-corrected chi connectivity index (χ4v) is 3.87. The molecular weight excluding hydrogens is 411 g/mol. The highest BCUT2D eigenvalue weighted by atomic mass is 19.4. The molecule has 1 aromatic carbocycles. The van der Waals surface area contributed by atoms with Crippen LogP contribution in [-0.4, -0.2) is 47.3 Å². The minimum Gasteiger partial charge on any atom is -0.381 e. The number of hydrogen-bond donors (Lipinski definition) is 0. The summed E-state index contributed by atoms with van der Waals surface area (Å²) >= 11 is 0. The smallest absolute Gasteiger partial charge is 0.381 e. The first kappa shape index (κ1) is 21.3. The third-order valence-corrected chi connectivity index (χ3v) is 5.46. The van der Waals surface area contributed by atoms with E-state index in [1.54, 1.807) is 11.8 Å². The van der Waals surface area contributed by atoms with Crippen LogP contribution < -0.4 is 0 Å². The summed E-state index contributed by atoms with van der Waals surface area (Å²) in [6.45, 7) is 5.99. The van der Waals surface area contributed by atoms with Gasteiger partial charge in [0.25, 0.3) is 11.6 Å². The van der Waals surface area contributed by atoms with Crippen molar-refractivity contribution >= 4 is 17.0 Å². The van der Waals surface area contributed by atoms with Crippen molar-refractivity contribution in [3.05, 3.63) is 47.2 Å². The van der Waals surface area contributed by atoms with Crippen molar-refractivity contribution in [3.63, 3.8) is 0 Å². The van der Waals surface area contributed by atoms with Crippen LogP contribution in [0.1, 0.15) is 35.0 Å². The van der Waals surface area contributed by atoms with Crippen molar-refractivity contribution in [1.82, 2.24) is 15.0 Å². The highest BCUT2D eigenvalue weighted by Gasteiger charge is 2.32. The molecule has 2 aromatic heterocycles. The SMILES string of the molecule is CCOCC1CCN(C(=O)c2cc(-c3cccc(C(F)(F)F)c3)nc3onc(C)c23)C1. The van der Waals surface area contributed by atoms with E-state index in [0.717, 1.165) is 18.6 Å². The van der Waals surface area contributed by atoms with E-state index >= 15 is 0 Å². The molecule has 1 aliphatic heterocycles. The molecule has 3 heterocycles. The van der Waals surface area contributed by atoms with Crippen molar-refractivity contribution in [2.24, 2.45) is 5.92 Å². The number of alkyl halides is 3. The van der Waals surface area contributed by atoms with Gasteiger partial charge in [0.2, 0.25) is 0 Å². The van der Waals surface area contributed by atoms with Gasteiger partial charge in [-0.15, -0.1) is 0 Å². The summed E-state index contributed by atoms with van der Waals surface area (Å²) in [4.78, 5) is 19.4. The molecule has 9 heteroatoms. The Hall–Kier alpha value is -2.94. The first-order valence-corrected chi connectivity index (χ1v) is 10.1. The summed E-state index contributed by atoms with van der Waals surface area (Å²) in [6, 6.07) is 6.38. The molecule has 6 nitrogen and oxygen atoms in total. The van der Waals surface area contributed by atoms with Gasteiger partial charge in [0.1, 0.15) is 0 Å². The minimum atomic E-state index is -4.48. The number of pyridine rings is 1. The number of carbonyl (C=O) groups is 1. The number of ether oxygens (including phenoxy) is 1. The molecule has 1 aliphatic rings. The van der Waals surface area contributed by atoms with E-state index in [1.807, 2.05) is 6.92 Å². The molecule has 0 bridgehead atoms. The summed E-state index contributed by atoms with van der Waals surface area (Å²) in [6.07, 6.45) is -3.64. The number of carbonyl (C=O) groups excluding carboxylic acids is 1. The van der Waals surface area contributed by atoms with Crippen LogP contribution in [0.15, 0.2) is 34.9 Å². The van der Waals surface area contributed by atoms with Gasteiger partial charge in [-0.1, -0.05) is 17.3 Å². The van der Waals surface area contributed by atoms with Crippen LogP contribution in [0.4, 0.5) is 13.2 Å². The van der Waals surface area contributed by atoms with E-state index < -0.39 is 11.7 Å². The third kappa shape index (κ3) is 4.27. The summed E-state index contributed by atoms with van der Waals surface area (Å²) in [5, 5.41) is 4.38. The predicted octanol–water partition coefficient (Wildman–Crippen LogP) is 4.72. The van der Waals surface area contributed by atoms with E-state index in [1.165, 1.54) is 18.2 Å². The van der Waals surface area contributed by atoms with Gasteiger partial charge < -0.3 is 14.2 Å². The van der Waals surface area contributed by atoms with Gasteiger partial charge in [-0.3, -0.25) is 4.79 Å². The van der Waals surface area contributed by atoms with Gasteiger partial charge in [0.05, 0.1) is 34.5 Å². The van der Waals surface area contributed by atoms with Crippen LogP contribution in [0, 0.1) is 12.8 Å². The average Bonchev–Trinajstić information content (AvgIpc) is 3.37. The van der Waals surface area contributed by atoms with Gasteiger partial charge in [0.15, 0.2) is 0 Å². The maximum Gasteiger partial charge on any atom is 0.416 e. The second-order valence-electron chi connectivity index (χ2n) is 7.65. The molecule has 0 spiro atoms.